The first kappa shape index (κ1) is 23.6. The third-order valence-electron chi connectivity index (χ3n) is 5.59. The molecule has 0 aromatic heterocycles. The summed E-state index contributed by atoms with van der Waals surface area (Å²) in [6.07, 6.45) is -1.25. The van der Waals surface area contributed by atoms with E-state index in [2.05, 4.69) is 33.9 Å². The molecule has 0 fully saturated rings. The van der Waals surface area contributed by atoms with Crippen LogP contribution >= 0.6 is 0 Å². The van der Waals surface area contributed by atoms with E-state index in [4.69, 9.17) is 13.9 Å². The fourth-order valence-corrected chi connectivity index (χ4v) is 3.49. The molecule has 0 heterocycles. The van der Waals surface area contributed by atoms with Crippen LogP contribution in [0.3, 0.4) is 0 Å². The molecule has 5 heteroatoms. The van der Waals surface area contributed by atoms with E-state index in [1.54, 1.807) is 0 Å². The van der Waals surface area contributed by atoms with Gasteiger partial charge in [-0.05, 0) is 42.8 Å². The summed E-state index contributed by atoms with van der Waals surface area (Å²) in [5, 5.41) is 10.9. The topological polar surface area (TPSA) is 47.9 Å². The molecule has 1 N–H and O–H groups in total. The number of aryl methyl sites for hydroxylation is 1. The molecular formula is C24H36O4Si. The highest BCUT2D eigenvalue weighted by atomic mass is 28.4. The van der Waals surface area contributed by atoms with Crippen LogP contribution in [0.15, 0.2) is 54.6 Å². The molecular weight excluding hydrogens is 380 g/mol. The lowest BCUT2D eigenvalue weighted by molar-refractivity contribution is -0.0804. The van der Waals surface area contributed by atoms with Gasteiger partial charge in [-0.15, -0.1) is 0 Å². The monoisotopic (exact) mass is 416 g/mol. The molecule has 0 unspecified atom stereocenters. The molecule has 160 valence electrons. The van der Waals surface area contributed by atoms with Crippen LogP contribution in [0.25, 0.3) is 0 Å². The van der Waals surface area contributed by atoms with Gasteiger partial charge in [0.2, 0.25) is 0 Å². The van der Waals surface area contributed by atoms with Crippen LogP contribution in [0.4, 0.5) is 0 Å². The van der Waals surface area contributed by atoms with Gasteiger partial charge in [0.05, 0.1) is 13.2 Å². The average molecular weight is 417 g/mol. The zero-order chi connectivity index (χ0) is 21.5. The first-order chi connectivity index (χ1) is 13.6. The molecule has 2 atom stereocenters. The van der Waals surface area contributed by atoms with Crippen molar-refractivity contribution >= 4 is 8.32 Å². The second kappa shape index (κ2) is 10.4. The van der Waals surface area contributed by atoms with Crippen molar-refractivity contribution in [2.45, 2.75) is 64.6 Å². The van der Waals surface area contributed by atoms with Crippen LogP contribution in [0.2, 0.25) is 18.1 Å². The van der Waals surface area contributed by atoms with Gasteiger partial charge < -0.3 is 19.0 Å². The predicted octanol–water partition coefficient (Wildman–Crippen LogP) is 5.34. The summed E-state index contributed by atoms with van der Waals surface area (Å²) in [7, 11) is -1.95. The van der Waals surface area contributed by atoms with Crippen LogP contribution in [0.1, 0.15) is 31.9 Å². The predicted molar refractivity (Wildman–Crippen MR) is 121 cm³/mol. The summed E-state index contributed by atoms with van der Waals surface area (Å²) < 4.78 is 18.2. The fourth-order valence-electron chi connectivity index (χ4n) is 2.48. The molecule has 0 aliphatic rings. The van der Waals surface area contributed by atoms with E-state index in [0.29, 0.717) is 13.2 Å². The molecule has 2 rings (SSSR count). The quantitative estimate of drug-likeness (QED) is 0.531. The summed E-state index contributed by atoms with van der Waals surface area (Å²) >= 11 is 0. The van der Waals surface area contributed by atoms with Crippen LogP contribution in [0, 0.1) is 6.92 Å². The largest absolute Gasteiger partial charge is 0.491 e. The lowest BCUT2D eigenvalue weighted by Gasteiger charge is -2.37. The highest BCUT2D eigenvalue weighted by molar-refractivity contribution is 6.74. The van der Waals surface area contributed by atoms with Gasteiger partial charge in [-0.3, -0.25) is 0 Å². The Morgan fingerprint density at radius 2 is 1.55 bits per heavy atom. The van der Waals surface area contributed by atoms with Gasteiger partial charge in [0.15, 0.2) is 8.32 Å². The van der Waals surface area contributed by atoms with E-state index in [-0.39, 0.29) is 11.6 Å². The van der Waals surface area contributed by atoms with Gasteiger partial charge in [0.1, 0.15) is 24.6 Å². The van der Waals surface area contributed by atoms with E-state index < -0.39 is 20.5 Å². The third kappa shape index (κ3) is 7.59. The number of aliphatic hydroxyl groups excluding tert-OH is 1. The summed E-state index contributed by atoms with van der Waals surface area (Å²) in [5.41, 5.74) is 2.24. The van der Waals surface area contributed by atoms with Crippen molar-refractivity contribution < 1.29 is 19.0 Å². The van der Waals surface area contributed by atoms with Crippen molar-refractivity contribution in [1.29, 1.82) is 0 Å². The van der Waals surface area contributed by atoms with Crippen LogP contribution < -0.4 is 4.74 Å². The maximum atomic E-state index is 10.8. The number of benzene rings is 2. The number of aliphatic hydroxyl groups is 1. The molecule has 2 aromatic carbocycles. The van der Waals surface area contributed by atoms with E-state index >= 15 is 0 Å². The van der Waals surface area contributed by atoms with Gasteiger partial charge in [0, 0.05) is 0 Å². The van der Waals surface area contributed by atoms with Crippen molar-refractivity contribution in [2.24, 2.45) is 0 Å². The lowest BCUT2D eigenvalue weighted by atomic mass is 10.2. The Balaban J connectivity index is 2.00. The molecule has 0 aliphatic heterocycles. The highest BCUT2D eigenvalue weighted by Gasteiger charge is 2.38. The number of ether oxygens (including phenoxy) is 2. The first-order valence-corrected chi connectivity index (χ1v) is 13.2. The number of hydrogen-bond donors (Lipinski definition) is 1. The van der Waals surface area contributed by atoms with E-state index in [9.17, 15) is 5.11 Å². The van der Waals surface area contributed by atoms with Gasteiger partial charge in [-0.2, -0.15) is 0 Å². The molecule has 0 aliphatic carbocycles. The summed E-state index contributed by atoms with van der Waals surface area (Å²) in [5.74, 6) is 0.738. The Hall–Kier alpha value is -1.66. The second-order valence-corrected chi connectivity index (χ2v) is 13.9. The fraction of sp³-hybridized carbons (Fsp3) is 0.500. The SMILES string of the molecule is Cc1ccc(OC[C@@H](O)[C@H](CO[Si](C)(C)C(C)(C)C)OCc2ccccc2)cc1. The van der Waals surface area contributed by atoms with Gasteiger partial charge >= 0.3 is 0 Å². The smallest absolute Gasteiger partial charge is 0.192 e. The van der Waals surface area contributed by atoms with Crippen molar-refractivity contribution in [3.63, 3.8) is 0 Å². The standard InChI is InChI=1S/C24H36O4Si/c1-19-12-14-21(15-13-19)26-17-22(25)23(18-28-29(5,6)24(2,3)4)27-16-20-10-8-7-9-11-20/h7-15,22-23,25H,16-18H2,1-6H3/t22-,23+/m1/s1. The Labute approximate surface area is 177 Å². The Kier molecular flexibility index (Phi) is 8.46. The van der Waals surface area contributed by atoms with E-state index in [0.717, 1.165) is 11.3 Å². The van der Waals surface area contributed by atoms with Crippen LogP contribution in [0.5, 0.6) is 5.75 Å². The third-order valence-corrected chi connectivity index (χ3v) is 10.1. The molecule has 0 saturated heterocycles. The maximum Gasteiger partial charge on any atom is 0.192 e. The number of rotatable bonds is 10. The molecule has 0 saturated carbocycles. The number of hydrogen-bond acceptors (Lipinski definition) is 4. The summed E-state index contributed by atoms with van der Waals surface area (Å²) in [6.45, 7) is 14.0. The lowest BCUT2D eigenvalue weighted by Crippen LogP contribution is -2.46. The van der Waals surface area contributed by atoms with Gasteiger partial charge in [-0.25, -0.2) is 0 Å². The average Bonchev–Trinajstić information content (AvgIpc) is 2.67. The molecule has 0 amide bonds. The van der Waals surface area contributed by atoms with E-state index in [1.807, 2.05) is 61.5 Å². The minimum atomic E-state index is -1.95. The minimum Gasteiger partial charge on any atom is -0.491 e. The van der Waals surface area contributed by atoms with Crippen LogP contribution in [-0.2, 0) is 15.8 Å². The van der Waals surface area contributed by atoms with E-state index in [1.165, 1.54) is 5.56 Å². The minimum absolute atomic E-state index is 0.0976. The molecule has 4 nitrogen and oxygen atoms in total. The second-order valence-electron chi connectivity index (χ2n) is 9.10. The zero-order valence-electron chi connectivity index (χ0n) is 18.6. The molecule has 2 aromatic rings. The Morgan fingerprint density at radius 3 is 2.14 bits per heavy atom. The summed E-state index contributed by atoms with van der Waals surface area (Å²) in [4.78, 5) is 0. The van der Waals surface area contributed by atoms with Gasteiger partial charge in [-0.1, -0.05) is 68.8 Å². The normalized spacial score (nSPS) is 14.4. The molecule has 0 bridgehead atoms. The van der Waals surface area contributed by atoms with Crippen molar-refractivity contribution in [1.82, 2.24) is 0 Å². The molecule has 29 heavy (non-hydrogen) atoms. The maximum absolute atomic E-state index is 10.8. The van der Waals surface area contributed by atoms with Crippen molar-refractivity contribution in [2.75, 3.05) is 13.2 Å². The van der Waals surface area contributed by atoms with Crippen LogP contribution in [-0.4, -0.2) is 38.8 Å². The molecule has 0 radical (unpaired) electrons. The first-order valence-electron chi connectivity index (χ1n) is 10.3. The zero-order valence-corrected chi connectivity index (χ0v) is 19.6. The summed E-state index contributed by atoms with van der Waals surface area (Å²) in [6, 6.07) is 17.8. The van der Waals surface area contributed by atoms with Gasteiger partial charge in [0.25, 0.3) is 0 Å². The molecule has 0 spiro atoms. The Bertz CT molecular complexity index is 723. The highest BCUT2D eigenvalue weighted by Crippen LogP contribution is 2.36. The Morgan fingerprint density at radius 1 is 0.931 bits per heavy atom. The van der Waals surface area contributed by atoms with Crippen molar-refractivity contribution in [3.8, 4) is 5.75 Å². The van der Waals surface area contributed by atoms with Crippen molar-refractivity contribution in [3.05, 3.63) is 65.7 Å².